The van der Waals surface area contributed by atoms with Gasteiger partial charge in [0.15, 0.2) is 11.5 Å². The van der Waals surface area contributed by atoms with Crippen molar-refractivity contribution in [3.8, 4) is 11.1 Å². The van der Waals surface area contributed by atoms with Crippen molar-refractivity contribution < 1.29 is 4.79 Å². The lowest BCUT2D eigenvalue weighted by atomic mass is 10.1. The van der Waals surface area contributed by atoms with Crippen LogP contribution in [-0.4, -0.2) is 43.5 Å². The Balaban J connectivity index is 1.33. The van der Waals surface area contributed by atoms with Crippen LogP contribution in [-0.2, 0) is 11.2 Å². The third kappa shape index (κ3) is 3.29. The van der Waals surface area contributed by atoms with Crippen LogP contribution in [0.15, 0.2) is 60.4 Å². The summed E-state index contributed by atoms with van der Waals surface area (Å²) in [6.07, 6.45) is 6.96. The summed E-state index contributed by atoms with van der Waals surface area (Å²) in [6, 6.07) is 12.0. The highest BCUT2D eigenvalue weighted by Gasteiger charge is 2.30. The lowest BCUT2D eigenvalue weighted by molar-refractivity contribution is -0.129. The van der Waals surface area contributed by atoms with Crippen LogP contribution in [0, 0.1) is 0 Å². The van der Waals surface area contributed by atoms with Crippen LogP contribution < -0.4 is 0 Å². The van der Waals surface area contributed by atoms with E-state index < -0.39 is 0 Å². The van der Waals surface area contributed by atoms with E-state index in [1.807, 2.05) is 51.3 Å². The number of pyridine rings is 2. The first-order valence-electron chi connectivity index (χ1n) is 9.33. The Morgan fingerprint density at radius 3 is 2.86 bits per heavy atom. The minimum Gasteiger partial charge on any atom is -0.342 e. The van der Waals surface area contributed by atoms with Crippen molar-refractivity contribution in [1.29, 1.82) is 0 Å². The van der Waals surface area contributed by atoms with Crippen LogP contribution in [0.1, 0.15) is 23.0 Å². The molecule has 140 valence electrons. The average Bonchev–Trinajstić information content (AvgIpc) is 3.47. The quantitative estimate of drug-likeness (QED) is 0.537. The molecule has 5 heterocycles. The summed E-state index contributed by atoms with van der Waals surface area (Å²) in [5.41, 5.74) is 3.00. The highest BCUT2D eigenvalue weighted by molar-refractivity contribution is 7.10. The highest BCUT2D eigenvalue weighted by atomic mass is 32.1. The van der Waals surface area contributed by atoms with E-state index in [1.54, 1.807) is 23.7 Å². The van der Waals surface area contributed by atoms with Gasteiger partial charge in [0.1, 0.15) is 0 Å². The minimum absolute atomic E-state index is 0.189. The van der Waals surface area contributed by atoms with E-state index in [-0.39, 0.29) is 11.8 Å². The van der Waals surface area contributed by atoms with E-state index in [9.17, 15) is 4.79 Å². The molecular weight excluding hydrogens is 370 g/mol. The normalized spacial score (nSPS) is 16.7. The van der Waals surface area contributed by atoms with Gasteiger partial charge in [-0.3, -0.25) is 9.78 Å². The molecule has 4 aromatic heterocycles. The molecule has 0 saturated carbocycles. The average molecular weight is 389 g/mol. The number of hydrogen-bond acceptors (Lipinski definition) is 5. The zero-order chi connectivity index (χ0) is 18.9. The van der Waals surface area contributed by atoms with Crippen LogP contribution in [0.5, 0.6) is 0 Å². The number of carbonyl (C=O) groups excluding carboxylic acids is 1. The van der Waals surface area contributed by atoms with E-state index >= 15 is 0 Å². The van der Waals surface area contributed by atoms with Gasteiger partial charge in [-0.05, 0) is 47.7 Å². The lowest BCUT2D eigenvalue weighted by Crippen LogP contribution is -2.29. The standard InChI is InChI=1S/C21H19N5OS/c27-20(12-18-2-1-11-28-18)25-10-7-17(13-25)21-23-19-4-3-16(14-26(19)24-21)15-5-8-22-9-6-15/h1-6,8-9,11,14,17H,7,10,12-13H2/t17-/m1/s1. The number of rotatable bonds is 4. The van der Waals surface area contributed by atoms with Crippen molar-refractivity contribution in [2.24, 2.45) is 0 Å². The Hall–Kier alpha value is -3.06. The molecule has 1 saturated heterocycles. The number of amides is 1. The maximum Gasteiger partial charge on any atom is 0.227 e. The Kier molecular flexibility index (Phi) is 4.37. The molecule has 5 rings (SSSR count). The molecule has 0 spiro atoms. The predicted octanol–water partition coefficient (Wildman–Crippen LogP) is 3.41. The maximum atomic E-state index is 12.5. The number of hydrogen-bond donors (Lipinski definition) is 0. The summed E-state index contributed by atoms with van der Waals surface area (Å²) in [5.74, 6) is 1.20. The first-order valence-corrected chi connectivity index (χ1v) is 10.2. The monoisotopic (exact) mass is 389 g/mol. The van der Waals surface area contributed by atoms with Crippen molar-refractivity contribution in [2.45, 2.75) is 18.8 Å². The van der Waals surface area contributed by atoms with E-state index in [2.05, 4.69) is 11.1 Å². The number of likely N-dealkylation sites (tertiary alicyclic amines) is 1. The molecule has 28 heavy (non-hydrogen) atoms. The Labute approximate surface area is 166 Å². The van der Waals surface area contributed by atoms with Gasteiger partial charge in [0, 0.05) is 48.0 Å². The molecule has 1 amide bonds. The SMILES string of the molecule is O=C(Cc1cccs1)N1CC[C@@H](c2nc3ccc(-c4ccncc4)cn3n2)C1. The van der Waals surface area contributed by atoms with Gasteiger partial charge in [0.25, 0.3) is 0 Å². The Morgan fingerprint density at radius 1 is 1.14 bits per heavy atom. The molecule has 7 heteroatoms. The summed E-state index contributed by atoms with van der Waals surface area (Å²) in [7, 11) is 0. The van der Waals surface area contributed by atoms with Gasteiger partial charge in [0.05, 0.1) is 6.42 Å². The fourth-order valence-electron chi connectivity index (χ4n) is 3.66. The van der Waals surface area contributed by atoms with E-state index in [0.717, 1.165) is 40.4 Å². The van der Waals surface area contributed by atoms with Gasteiger partial charge in [0.2, 0.25) is 5.91 Å². The number of aromatic nitrogens is 4. The fraction of sp³-hybridized carbons (Fsp3) is 0.238. The second-order valence-corrected chi connectivity index (χ2v) is 8.04. The van der Waals surface area contributed by atoms with Crippen LogP contribution >= 0.6 is 11.3 Å². The summed E-state index contributed by atoms with van der Waals surface area (Å²) in [5, 5.41) is 6.71. The molecule has 0 aliphatic carbocycles. The molecule has 0 bridgehead atoms. The van der Waals surface area contributed by atoms with Gasteiger partial charge in [-0.25, -0.2) is 9.50 Å². The molecule has 1 aliphatic heterocycles. The molecule has 1 fully saturated rings. The Bertz CT molecular complexity index is 1110. The zero-order valence-electron chi connectivity index (χ0n) is 15.2. The molecule has 0 radical (unpaired) electrons. The van der Waals surface area contributed by atoms with Crippen molar-refractivity contribution in [2.75, 3.05) is 13.1 Å². The van der Waals surface area contributed by atoms with Crippen molar-refractivity contribution in [3.63, 3.8) is 0 Å². The van der Waals surface area contributed by atoms with Gasteiger partial charge < -0.3 is 4.90 Å². The van der Waals surface area contributed by atoms with Crippen LogP contribution in [0.4, 0.5) is 0 Å². The van der Waals surface area contributed by atoms with Gasteiger partial charge in [-0.2, -0.15) is 5.10 Å². The van der Waals surface area contributed by atoms with Gasteiger partial charge in [-0.15, -0.1) is 11.3 Å². The van der Waals surface area contributed by atoms with E-state index in [1.165, 1.54) is 0 Å². The smallest absolute Gasteiger partial charge is 0.227 e. The zero-order valence-corrected chi connectivity index (χ0v) is 16.0. The first-order chi connectivity index (χ1) is 13.8. The largest absolute Gasteiger partial charge is 0.342 e. The number of fused-ring (bicyclic) bond motifs is 1. The number of thiophene rings is 1. The summed E-state index contributed by atoms with van der Waals surface area (Å²) >= 11 is 1.63. The minimum atomic E-state index is 0.189. The van der Waals surface area contributed by atoms with E-state index in [4.69, 9.17) is 10.1 Å². The predicted molar refractivity (Wildman–Crippen MR) is 108 cm³/mol. The second kappa shape index (κ2) is 7.16. The molecule has 0 unspecified atom stereocenters. The molecule has 4 aromatic rings. The third-order valence-corrected chi connectivity index (χ3v) is 6.05. The molecule has 0 aromatic carbocycles. The number of nitrogens with zero attached hydrogens (tertiary/aromatic N) is 5. The highest BCUT2D eigenvalue weighted by Crippen LogP contribution is 2.27. The first kappa shape index (κ1) is 17.1. The summed E-state index contributed by atoms with van der Waals surface area (Å²) < 4.78 is 1.83. The van der Waals surface area contributed by atoms with Crippen molar-refractivity contribution in [3.05, 3.63) is 71.1 Å². The van der Waals surface area contributed by atoms with E-state index in [0.29, 0.717) is 13.0 Å². The lowest BCUT2D eigenvalue weighted by Gasteiger charge is -2.15. The fourth-order valence-corrected chi connectivity index (χ4v) is 4.36. The third-order valence-electron chi connectivity index (χ3n) is 5.17. The van der Waals surface area contributed by atoms with Crippen LogP contribution in [0.3, 0.4) is 0 Å². The molecule has 0 N–H and O–H groups in total. The number of carbonyl (C=O) groups is 1. The second-order valence-electron chi connectivity index (χ2n) is 7.01. The van der Waals surface area contributed by atoms with Crippen molar-refractivity contribution >= 4 is 22.9 Å². The topological polar surface area (TPSA) is 63.4 Å². The molecule has 1 aliphatic rings. The summed E-state index contributed by atoms with van der Waals surface area (Å²) in [6.45, 7) is 1.46. The van der Waals surface area contributed by atoms with Gasteiger partial charge >= 0.3 is 0 Å². The maximum absolute atomic E-state index is 12.5. The van der Waals surface area contributed by atoms with Crippen molar-refractivity contribution in [1.82, 2.24) is 24.5 Å². The van der Waals surface area contributed by atoms with Gasteiger partial charge in [-0.1, -0.05) is 6.07 Å². The summed E-state index contributed by atoms with van der Waals surface area (Å²) in [4.78, 5) is 24.4. The Morgan fingerprint density at radius 2 is 2.04 bits per heavy atom. The molecule has 6 nitrogen and oxygen atoms in total. The molecular formula is C21H19N5OS. The van der Waals surface area contributed by atoms with Crippen LogP contribution in [0.25, 0.3) is 16.8 Å². The molecule has 1 atom stereocenters. The van der Waals surface area contributed by atoms with Crippen LogP contribution in [0.2, 0.25) is 0 Å².